The van der Waals surface area contributed by atoms with Crippen LogP contribution in [0.25, 0.3) is 33.9 Å². The van der Waals surface area contributed by atoms with Gasteiger partial charge in [0, 0.05) is 41.2 Å². The topological polar surface area (TPSA) is 75.6 Å². The normalized spacial score (nSPS) is 13.9. The molecule has 0 amide bonds. The molecule has 1 aliphatic carbocycles. The fraction of sp³-hybridized carbons (Fsp3) is 0.250. The minimum atomic E-state index is 0.651. The van der Waals surface area contributed by atoms with Crippen LogP contribution in [-0.2, 0) is 11.3 Å². The number of fused-ring (bicyclic) bond motifs is 1. The lowest BCUT2D eigenvalue weighted by Crippen LogP contribution is -2.19. The Kier molecular flexibility index (Phi) is 6.59. The molecule has 1 aliphatic rings. The number of rotatable bonds is 8. The second kappa shape index (κ2) is 10.1. The SMILES string of the molecule is CO/N=C1/CCc2cc(-c3nc(-c4ccc(OCCN(C)C)cc4)[nH]c3-c3ccncc3)ccc21. The first-order valence-electron chi connectivity index (χ1n) is 11.7. The minimum absolute atomic E-state index is 0.651. The van der Waals surface area contributed by atoms with Gasteiger partial charge in [0.2, 0.25) is 0 Å². The maximum Gasteiger partial charge on any atom is 0.138 e. The van der Waals surface area contributed by atoms with E-state index >= 15 is 0 Å². The molecular formula is C28H29N5O2. The second-order valence-electron chi connectivity index (χ2n) is 8.81. The maximum atomic E-state index is 5.85. The van der Waals surface area contributed by atoms with Gasteiger partial charge < -0.3 is 19.5 Å². The first-order chi connectivity index (χ1) is 17.1. The Bertz CT molecular complexity index is 1330. The highest BCUT2D eigenvalue weighted by Crippen LogP contribution is 2.35. The number of hydrogen-bond donors (Lipinski definition) is 1. The monoisotopic (exact) mass is 467 g/mol. The lowest BCUT2D eigenvalue weighted by Gasteiger charge is -2.11. The third-order valence-electron chi connectivity index (χ3n) is 6.13. The van der Waals surface area contributed by atoms with Gasteiger partial charge in [-0.25, -0.2) is 4.98 Å². The largest absolute Gasteiger partial charge is 0.492 e. The molecule has 0 unspecified atom stereocenters. The van der Waals surface area contributed by atoms with Crippen molar-refractivity contribution < 1.29 is 9.57 Å². The van der Waals surface area contributed by atoms with E-state index in [1.807, 2.05) is 50.5 Å². The standard InChI is InChI=1S/C28H29N5O2/c1-33(2)16-17-35-23-8-4-20(5-9-23)28-30-26(19-12-14-29-15-13-19)27(31-28)22-6-10-24-21(18-22)7-11-25(24)32-34-3/h4-6,8-10,12-15,18H,7,11,16-17H2,1-3H3,(H,30,31)/b32-25-. The van der Waals surface area contributed by atoms with Crippen LogP contribution in [0.2, 0.25) is 0 Å². The molecule has 0 radical (unpaired) electrons. The molecule has 2 aromatic carbocycles. The van der Waals surface area contributed by atoms with Gasteiger partial charge in [-0.15, -0.1) is 0 Å². The summed E-state index contributed by atoms with van der Waals surface area (Å²) in [5.74, 6) is 1.66. The zero-order valence-corrected chi connectivity index (χ0v) is 20.3. The van der Waals surface area contributed by atoms with Crippen molar-refractivity contribution in [2.45, 2.75) is 12.8 Å². The highest BCUT2D eigenvalue weighted by Gasteiger charge is 2.21. The summed E-state index contributed by atoms with van der Waals surface area (Å²) in [6.07, 6.45) is 5.44. The molecule has 178 valence electrons. The number of imidazole rings is 1. The highest BCUT2D eigenvalue weighted by atomic mass is 16.6. The van der Waals surface area contributed by atoms with Crippen molar-refractivity contribution in [3.05, 3.63) is 78.1 Å². The Morgan fingerprint density at radius 3 is 2.46 bits per heavy atom. The highest BCUT2D eigenvalue weighted by molar-refractivity contribution is 6.04. The van der Waals surface area contributed by atoms with Gasteiger partial charge in [0.15, 0.2) is 0 Å². The molecule has 7 nitrogen and oxygen atoms in total. The van der Waals surface area contributed by atoms with E-state index in [1.165, 1.54) is 5.56 Å². The van der Waals surface area contributed by atoms with E-state index in [-0.39, 0.29) is 0 Å². The molecule has 5 rings (SSSR count). The molecule has 0 saturated carbocycles. The summed E-state index contributed by atoms with van der Waals surface area (Å²) in [4.78, 5) is 19.9. The van der Waals surface area contributed by atoms with E-state index in [0.29, 0.717) is 6.61 Å². The van der Waals surface area contributed by atoms with Gasteiger partial charge >= 0.3 is 0 Å². The molecule has 2 heterocycles. The molecule has 2 aromatic heterocycles. The van der Waals surface area contributed by atoms with E-state index < -0.39 is 0 Å². The van der Waals surface area contributed by atoms with Gasteiger partial charge in [-0.3, -0.25) is 4.98 Å². The van der Waals surface area contributed by atoms with Gasteiger partial charge in [-0.1, -0.05) is 17.3 Å². The Morgan fingerprint density at radius 1 is 0.943 bits per heavy atom. The summed E-state index contributed by atoms with van der Waals surface area (Å²) in [6, 6.07) is 18.5. The number of nitrogens with one attached hydrogen (secondary N) is 1. The van der Waals surface area contributed by atoms with Gasteiger partial charge in [-0.05, 0) is 75.0 Å². The number of H-pyrrole nitrogens is 1. The number of benzene rings is 2. The zero-order chi connectivity index (χ0) is 24.2. The molecule has 35 heavy (non-hydrogen) atoms. The lowest BCUT2D eigenvalue weighted by atomic mass is 10.0. The number of aromatic amines is 1. The first-order valence-corrected chi connectivity index (χ1v) is 11.7. The molecule has 0 bridgehead atoms. The molecule has 0 aliphatic heterocycles. The molecule has 0 saturated heterocycles. The van der Waals surface area contributed by atoms with Crippen LogP contribution in [0.1, 0.15) is 17.5 Å². The first kappa shape index (κ1) is 22.8. The summed E-state index contributed by atoms with van der Waals surface area (Å²) >= 11 is 0. The molecule has 1 N–H and O–H groups in total. The van der Waals surface area contributed by atoms with E-state index in [2.05, 4.69) is 38.2 Å². The average Bonchev–Trinajstić information content (AvgIpc) is 3.50. The number of ether oxygens (including phenoxy) is 1. The number of nitrogens with zero attached hydrogens (tertiary/aromatic N) is 4. The van der Waals surface area contributed by atoms with Crippen LogP contribution in [0.3, 0.4) is 0 Å². The van der Waals surface area contributed by atoms with Crippen molar-refractivity contribution in [2.24, 2.45) is 5.16 Å². The molecule has 0 atom stereocenters. The number of aryl methyl sites for hydroxylation is 1. The Hall–Kier alpha value is -3.97. The predicted octanol–water partition coefficient (Wildman–Crippen LogP) is 5.04. The van der Waals surface area contributed by atoms with Crippen LogP contribution in [0.4, 0.5) is 0 Å². The summed E-state index contributed by atoms with van der Waals surface area (Å²) < 4.78 is 5.85. The van der Waals surface area contributed by atoms with Crippen LogP contribution >= 0.6 is 0 Å². The van der Waals surface area contributed by atoms with Crippen molar-refractivity contribution in [3.63, 3.8) is 0 Å². The van der Waals surface area contributed by atoms with Gasteiger partial charge in [0.1, 0.15) is 25.3 Å². The molecule has 0 fully saturated rings. The van der Waals surface area contributed by atoms with Crippen LogP contribution < -0.4 is 4.74 Å². The van der Waals surface area contributed by atoms with E-state index in [0.717, 1.165) is 70.3 Å². The average molecular weight is 468 g/mol. The fourth-order valence-electron chi connectivity index (χ4n) is 4.32. The van der Waals surface area contributed by atoms with Crippen LogP contribution in [0, 0.1) is 0 Å². The van der Waals surface area contributed by atoms with Crippen molar-refractivity contribution in [1.82, 2.24) is 19.9 Å². The third-order valence-corrected chi connectivity index (χ3v) is 6.13. The number of likely N-dealkylation sites (N-methyl/N-ethyl adjacent to an activating group) is 1. The van der Waals surface area contributed by atoms with E-state index in [4.69, 9.17) is 14.6 Å². The summed E-state index contributed by atoms with van der Waals surface area (Å²) in [5.41, 5.74) is 8.42. The Labute approximate surface area is 205 Å². The van der Waals surface area contributed by atoms with Gasteiger partial charge in [0.05, 0.1) is 17.1 Å². The summed E-state index contributed by atoms with van der Waals surface area (Å²) in [5, 5.41) is 4.19. The van der Waals surface area contributed by atoms with Crippen LogP contribution in [0.15, 0.2) is 72.1 Å². The number of hydrogen-bond acceptors (Lipinski definition) is 6. The van der Waals surface area contributed by atoms with Crippen LogP contribution in [0.5, 0.6) is 5.75 Å². The number of aromatic nitrogens is 3. The van der Waals surface area contributed by atoms with Crippen molar-refractivity contribution in [3.8, 4) is 39.7 Å². The second-order valence-corrected chi connectivity index (χ2v) is 8.81. The van der Waals surface area contributed by atoms with Gasteiger partial charge in [0.25, 0.3) is 0 Å². The minimum Gasteiger partial charge on any atom is -0.492 e. The number of pyridine rings is 1. The molecule has 0 spiro atoms. The molecule has 4 aromatic rings. The maximum absolute atomic E-state index is 5.85. The molecule has 7 heteroatoms. The quantitative estimate of drug-likeness (QED) is 0.367. The predicted molar refractivity (Wildman–Crippen MR) is 139 cm³/mol. The Morgan fingerprint density at radius 2 is 1.71 bits per heavy atom. The van der Waals surface area contributed by atoms with E-state index in [9.17, 15) is 0 Å². The Balaban J connectivity index is 1.49. The zero-order valence-electron chi connectivity index (χ0n) is 20.3. The van der Waals surface area contributed by atoms with Crippen molar-refractivity contribution >= 4 is 5.71 Å². The van der Waals surface area contributed by atoms with Crippen molar-refractivity contribution in [2.75, 3.05) is 34.4 Å². The smallest absolute Gasteiger partial charge is 0.138 e. The van der Waals surface area contributed by atoms with Gasteiger partial charge in [-0.2, -0.15) is 0 Å². The lowest BCUT2D eigenvalue weighted by molar-refractivity contribution is 0.213. The van der Waals surface area contributed by atoms with Crippen LogP contribution in [-0.4, -0.2) is 59.9 Å². The van der Waals surface area contributed by atoms with E-state index in [1.54, 1.807) is 19.5 Å². The molecular weight excluding hydrogens is 438 g/mol. The summed E-state index contributed by atoms with van der Waals surface area (Å²) in [6.45, 7) is 1.52. The van der Waals surface area contributed by atoms with Crippen molar-refractivity contribution in [1.29, 1.82) is 0 Å². The fourth-order valence-corrected chi connectivity index (χ4v) is 4.32. The number of oxime groups is 1. The summed E-state index contributed by atoms with van der Waals surface area (Å²) in [7, 11) is 5.66. The third kappa shape index (κ3) is 4.95.